The van der Waals surface area contributed by atoms with Crippen LogP contribution >= 0.6 is 23.2 Å². The summed E-state index contributed by atoms with van der Waals surface area (Å²) in [5.74, 6) is -1.53. The fourth-order valence-electron chi connectivity index (χ4n) is 1.86. The minimum Gasteiger partial charge on any atom is -0.284 e. The van der Waals surface area contributed by atoms with Gasteiger partial charge in [-0.2, -0.15) is 0 Å². The highest BCUT2D eigenvalue weighted by molar-refractivity contribution is 6.77. The van der Waals surface area contributed by atoms with Crippen LogP contribution in [0.2, 0.25) is 0 Å². The highest BCUT2D eigenvalue weighted by atomic mass is 35.5. The molecule has 98 valence electrons. The van der Waals surface area contributed by atoms with Crippen LogP contribution in [0, 0.1) is 11.6 Å². The van der Waals surface area contributed by atoms with Gasteiger partial charge in [0.15, 0.2) is 0 Å². The normalized spacial score (nSPS) is 21.4. The van der Waals surface area contributed by atoms with Crippen molar-refractivity contribution >= 4 is 40.3 Å². The third-order valence-corrected chi connectivity index (χ3v) is 3.36. The maximum atomic E-state index is 13.8. The fourth-order valence-corrected chi connectivity index (χ4v) is 2.50. The molecule has 1 atom stereocenters. The fraction of sp³-hybridized carbons (Fsp3) is 0.0909. The van der Waals surface area contributed by atoms with Crippen LogP contribution in [0.3, 0.4) is 0 Å². The number of aliphatic imine (C=N–C) groups is 2. The maximum absolute atomic E-state index is 13.8. The Morgan fingerprint density at radius 2 is 1.89 bits per heavy atom. The van der Waals surface area contributed by atoms with Crippen LogP contribution in [0.1, 0.15) is 5.56 Å². The van der Waals surface area contributed by atoms with Crippen LogP contribution in [0.4, 0.5) is 8.78 Å². The first kappa shape index (κ1) is 12.4. The van der Waals surface area contributed by atoms with Gasteiger partial charge in [-0.05, 0) is 12.1 Å². The third kappa shape index (κ3) is 1.87. The summed E-state index contributed by atoms with van der Waals surface area (Å²) in [5, 5.41) is 1.30. The molecule has 4 nitrogen and oxygen atoms in total. The molecule has 0 aliphatic carbocycles. The molecule has 0 saturated carbocycles. The first-order valence-corrected chi connectivity index (χ1v) is 6.00. The number of hydrazine groups is 1. The zero-order valence-electron chi connectivity index (χ0n) is 9.24. The first-order valence-electron chi connectivity index (χ1n) is 5.24. The predicted octanol–water partition coefficient (Wildman–Crippen LogP) is 2.66. The van der Waals surface area contributed by atoms with Gasteiger partial charge in [0.1, 0.15) is 28.3 Å². The van der Waals surface area contributed by atoms with Crippen LogP contribution in [0.15, 0.2) is 33.3 Å². The van der Waals surface area contributed by atoms with Gasteiger partial charge in [-0.3, -0.25) is 5.43 Å². The smallest absolute Gasteiger partial charge is 0.237 e. The van der Waals surface area contributed by atoms with Gasteiger partial charge < -0.3 is 0 Å². The highest BCUT2D eigenvalue weighted by Crippen LogP contribution is 2.35. The monoisotopic (exact) mass is 302 g/mol. The number of nitrogens with one attached hydrogen (secondary N) is 1. The molecule has 1 N–H and O–H groups in total. The molecule has 0 aromatic heterocycles. The van der Waals surface area contributed by atoms with Crippen LogP contribution in [0.5, 0.6) is 0 Å². The Hall–Kier alpha value is -1.66. The standard InChI is InChI=1S/C11H6Cl2F2N4/c12-9-8(7-5(14)2-1-3-6(7)15)10(13)19-11(18-9)16-4-17-19/h1-4,11H,(H,16,17). The number of hydrogen-bond donors (Lipinski definition) is 1. The van der Waals surface area contributed by atoms with E-state index >= 15 is 0 Å². The largest absolute Gasteiger partial charge is 0.284 e. The second kappa shape index (κ2) is 4.47. The molecule has 3 rings (SSSR count). The lowest BCUT2D eigenvalue weighted by Crippen LogP contribution is -2.38. The predicted molar refractivity (Wildman–Crippen MR) is 69.7 cm³/mol. The summed E-state index contributed by atoms with van der Waals surface area (Å²) in [7, 11) is 0. The highest BCUT2D eigenvalue weighted by Gasteiger charge is 2.33. The van der Waals surface area contributed by atoms with Gasteiger partial charge in [0.25, 0.3) is 0 Å². The van der Waals surface area contributed by atoms with Gasteiger partial charge in [0.05, 0.1) is 11.1 Å². The summed E-state index contributed by atoms with van der Waals surface area (Å²) in [6, 6.07) is 3.51. The average molecular weight is 303 g/mol. The number of allylic oxidation sites excluding steroid dienone is 1. The van der Waals surface area contributed by atoms with E-state index in [4.69, 9.17) is 23.2 Å². The summed E-state index contributed by atoms with van der Waals surface area (Å²) < 4.78 is 27.6. The van der Waals surface area contributed by atoms with E-state index in [1.54, 1.807) is 0 Å². The van der Waals surface area contributed by atoms with Gasteiger partial charge in [0.2, 0.25) is 6.29 Å². The summed E-state index contributed by atoms with van der Waals surface area (Å²) in [5.41, 5.74) is 2.39. The molecule has 2 aliphatic rings. The lowest BCUT2D eigenvalue weighted by molar-refractivity contribution is 0.274. The quantitative estimate of drug-likeness (QED) is 0.810. The van der Waals surface area contributed by atoms with Gasteiger partial charge in [0, 0.05) is 0 Å². The first-order chi connectivity index (χ1) is 9.09. The van der Waals surface area contributed by atoms with Gasteiger partial charge in [-0.15, -0.1) is 0 Å². The van der Waals surface area contributed by atoms with Gasteiger partial charge in [-0.25, -0.2) is 23.8 Å². The average Bonchev–Trinajstić information content (AvgIpc) is 2.81. The summed E-state index contributed by atoms with van der Waals surface area (Å²) in [6.45, 7) is 0. The molecule has 1 aromatic carbocycles. The Morgan fingerprint density at radius 1 is 1.21 bits per heavy atom. The van der Waals surface area contributed by atoms with Crippen LogP contribution in [-0.4, -0.2) is 22.8 Å². The number of halogens is 4. The van der Waals surface area contributed by atoms with Crippen LogP contribution in [0.25, 0.3) is 5.57 Å². The second-order valence-corrected chi connectivity index (χ2v) is 4.52. The second-order valence-electron chi connectivity index (χ2n) is 3.81. The van der Waals surface area contributed by atoms with Crippen molar-refractivity contribution in [2.45, 2.75) is 6.29 Å². The zero-order chi connectivity index (χ0) is 13.6. The molecule has 8 heteroatoms. The molecule has 1 unspecified atom stereocenters. The molecule has 2 heterocycles. The van der Waals surface area contributed by atoms with E-state index < -0.39 is 17.9 Å². The molecule has 0 amide bonds. The minimum absolute atomic E-state index is 0.00631. The van der Waals surface area contributed by atoms with Gasteiger partial charge >= 0.3 is 0 Å². The van der Waals surface area contributed by atoms with Crippen molar-refractivity contribution in [1.82, 2.24) is 10.4 Å². The topological polar surface area (TPSA) is 40.0 Å². The molecular weight excluding hydrogens is 297 g/mol. The summed E-state index contributed by atoms with van der Waals surface area (Å²) >= 11 is 12.1. The lowest BCUT2D eigenvalue weighted by atomic mass is 10.1. The van der Waals surface area contributed by atoms with Gasteiger partial charge in [-0.1, -0.05) is 29.3 Å². The Balaban J connectivity index is 2.19. The zero-order valence-corrected chi connectivity index (χ0v) is 10.8. The van der Waals surface area contributed by atoms with E-state index in [0.29, 0.717) is 0 Å². The Kier molecular flexibility index (Phi) is 2.91. The van der Waals surface area contributed by atoms with Crippen molar-refractivity contribution < 1.29 is 8.78 Å². The lowest BCUT2D eigenvalue weighted by Gasteiger charge is -2.27. The minimum atomic E-state index is -0.764. The maximum Gasteiger partial charge on any atom is 0.237 e. The van der Waals surface area contributed by atoms with E-state index in [-0.39, 0.29) is 21.5 Å². The Morgan fingerprint density at radius 3 is 2.58 bits per heavy atom. The molecule has 1 aromatic rings. The molecule has 2 aliphatic heterocycles. The van der Waals surface area contributed by atoms with Crippen molar-refractivity contribution in [3.63, 3.8) is 0 Å². The van der Waals surface area contributed by atoms with Crippen molar-refractivity contribution in [2.24, 2.45) is 9.98 Å². The number of nitrogens with zero attached hydrogens (tertiary/aromatic N) is 3. The molecule has 19 heavy (non-hydrogen) atoms. The number of rotatable bonds is 1. The molecule has 0 radical (unpaired) electrons. The van der Waals surface area contributed by atoms with E-state index in [2.05, 4.69) is 15.4 Å². The molecule has 0 bridgehead atoms. The van der Waals surface area contributed by atoms with Crippen molar-refractivity contribution in [2.75, 3.05) is 0 Å². The third-order valence-electron chi connectivity index (χ3n) is 2.70. The SMILES string of the molecule is Fc1cccc(F)c1C1=C(Cl)N2NC=NC2N=C1Cl. The van der Waals surface area contributed by atoms with Crippen LogP contribution in [-0.2, 0) is 0 Å². The van der Waals surface area contributed by atoms with E-state index in [9.17, 15) is 8.78 Å². The Labute approximate surface area is 117 Å². The van der Waals surface area contributed by atoms with Crippen molar-refractivity contribution in [3.8, 4) is 0 Å². The molecule has 0 saturated heterocycles. The van der Waals surface area contributed by atoms with Crippen molar-refractivity contribution in [1.29, 1.82) is 0 Å². The van der Waals surface area contributed by atoms with Crippen molar-refractivity contribution in [3.05, 3.63) is 40.6 Å². The van der Waals surface area contributed by atoms with E-state index in [1.807, 2.05) is 0 Å². The molecule has 0 fully saturated rings. The van der Waals surface area contributed by atoms with E-state index in [1.165, 1.54) is 17.4 Å². The Bertz CT molecular complexity index is 621. The molecular formula is C11H6Cl2F2N4. The molecule has 0 spiro atoms. The number of benzene rings is 1. The van der Waals surface area contributed by atoms with E-state index in [0.717, 1.165) is 12.1 Å². The summed E-state index contributed by atoms with van der Waals surface area (Å²) in [4.78, 5) is 7.95. The van der Waals surface area contributed by atoms with Crippen LogP contribution < -0.4 is 5.43 Å². The summed E-state index contributed by atoms with van der Waals surface area (Å²) in [6.07, 6.45) is 0.722. The number of fused-ring (bicyclic) bond motifs is 1. The number of hydrogen-bond acceptors (Lipinski definition) is 4.